The van der Waals surface area contributed by atoms with E-state index in [2.05, 4.69) is 12.2 Å². The summed E-state index contributed by atoms with van der Waals surface area (Å²) in [7, 11) is 0. The molecule has 2 aliphatic rings. The van der Waals surface area contributed by atoms with Crippen LogP contribution in [0.2, 0.25) is 0 Å². The summed E-state index contributed by atoms with van der Waals surface area (Å²) in [5, 5.41) is 3.05. The minimum atomic E-state index is -0.384. The van der Waals surface area contributed by atoms with Gasteiger partial charge in [-0.1, -0.05) is 25.1 Å². The van der Waals surface area contributed by atoms with E-state index in [1.54, 1.807) is 4.90 Å². The highest BCUT2D eigenvalue weighted by Crippen LogP contribution is 2.36. The number of rotatable bonds is 4. The Labute approximate surface area is 164 Å². The Morgan fingerprint density at radius 1 is 1.18 bits per heavy atom. The lowest BCUT2D eigenvalue weighted by Gasteiger charge is -2.22. The third-order valence-corrected chi connectivity index (χ3v) is 5.32. The van der Waals surface area contributed by atoms with Gasteiger partial charge in [-0.3, -0.25) is 9.59 Å². The highest BCUT2D eigenvalue weighted by Gasteiger charge is 2.36. The van der Waals surface area contributed by atoms with Crippen LogP contribution in [0.25, 0.3) is 0 Å². The Hall–Kier alpha value is -3.02. The molecule has 2 aliphatic heterocycles. The van der Waals surface area contributed by atoms with Crippen molar-refractivity contribution in [3.05, 3.63) is 47.5 Å². The minimum Gasteiger partial charge on any atom is -0.486 e. The molecular formula is C22H24N2O4. The van der Waals surface area contributed by atoms with Gasteiger partial charge in [0.05, 0.1) is 5.92 Å². The van der Waals surface area contributed by atoms with E-state index in [4.69, 9.17) is 9.47 Å². The number of carbonyl (C=O) groups is 2. The van der Waals surface area contributed by atoms with Crippen molar-refractivity contribution in [3.8, 4) is 11.5 Å². The van der Waals surface area contributed by atoms with Crippen molar-refractivity contribution < 1.29 is 19.1 Å². The van der Waals surface area contributed by atoms with Crippen molar-refractivity contribution in [1.29, 1.82) is 0 Å². The molecule has 2 aromatic rings. The maximum atomic E-state index is 12.9. The molecule has 2 aromatic carbocycles. The molecule has 4 rings (SSSR count). The quantitative estimate of drug-likeness (QED) is 0.884. The molecule has 0 radical (unpaired) electrons. The first-order chi connectivity index (χ1) is 13.6. The molecule has 146 valence electrons. The van der Waals surface area contributed by atoms with E-state index in [0.717, 1.165) is 28.9 Å². The fraction of sp³-hybridized carbons (Fsp3) is 0.364. The second-order valence-electron chi connectivity index (χ2n) is 7.19. The number of anilines is 2. The van der Waals surface area contributed by atoms with Crippen LogP contribution in [0.1, 0.15) is 24.5 Å². The predicted octanol–water partition coefficient (Wildman–Crippen LogP) is 3.32. The van der Waals surface area contributed by atoms with Gasteiger partial charge in [0.25, 0.3) is 0 Å². The van der Waals surface area contributed by atoms with Crippen LogP contribution in [-0.2, 0) is 16.0 Å². The fourth-order valence-electron chi connectivity index (χ4n) is 3.76. The number of carbonyl (C=O) groups excluding carboxylic acids is 2. The van der Waals surface area contributed by atoms with Crippen LogP contribution < -0.4 is 19.7 Å². The Morgan fingerprint density at radius 3 is 2.75 bits per heavy atom. The summed E-state index contributed by atoms with van der Waals surface area (Å²) in [4.78, 5) is 27.1. The van der Waals surface area contributed by atoms with Gasteiger partial charge in [-0.05, 0) is 36.6 Å². The number of aryl methyl sites for hydroxylation is 2. The first-order valence-electron chi connectivity index (χ1n) is 9.66. The predicted molar refractivity (Wildman–Crippen MR) is 107 cm³/mol. The van der Waals surface area contributed by atoms with Crippen LogP contribution in [0.5, 0.6) is 11.5 Å². The lowest BCUT2D eigenvalue weighted by molar-refractivity contribution is -0.122. The van der Waals surface area contributed by atoms with Gasteiger partial charge >= 0.3 is 0 Å². The molecule has 1 saturated heterocycles. The summed E-state index contributed by atoms with van der Waals surface area (Å²) in [5.74, 6) is 0.763. The normalized spacial score (nSPS) is 18.3. The van der Waals surface area contributed by atoms with Crippen LogP contribution in [0.15, 0.2) is 36.4 Å². The first kappa shape index (κ1) is 18.3. The molecule has 0 aromatic heterocycles. The summed E-state index contributed by atoms with van der Waals surface area (Å²) < 4.78 is 11.1. The molecular weight excluding hydrogens is 356 g/mol. The minimum absolute atomic E-state index is 0.0580. The molecule has 0 unspecified atom stereocenters. The maximum absolute atomic E-state index is 12.9. The average molecular weight is 380 g/mol. The van der Waals surface area contributed by atoms with Gasteiger partial charge in [0.15, 0.2) is 11.5 Å². The van der Waals surface area contributed by atoms with Crippen molar-refractivity contribution in [2.24, 2.45) is 5.92 Å². The molecule has 0 spiro atoms. The third-order valence-electron chi connectivity index (χ3n) is 5.32. The molecule has 6 heteroatoms. The van der Waals surface area contributed by atoms with Crippen LogP contribution in [0, 0.1) is 12.8 Å². The monoisotopic (exact) mass is 380 g/mol. The maximum Gasteiger partial charge on any atom is 0.229 e. The van der Waals surface area contributed by atoms with Crippen LogP contribution in [-0.4, -0.2) is 31.6 Å². The highest BCUT2D eigenvalue weighted by atomic mass is 16.6. The number of ether oxygens (including phenoxy) is 2. The molecule has 0 aliphatic carbocycles. The van der Waals surface area contributed by atoms with E-state index < -0.39 is 0 Å². The Morgan fingerprint density at radius 2 is 1.96 bits per heavy atom. The van der Waals surface area contributed by atoms with Crippen molar-refractivity contribution in [1.82, 2.24) is 0 Å². The molecule has 28 heavy (non-hydrogen) atoms. The number of amides is 2. The zero-order valence-electron chi connectivity index (χ0n) is 16.2. The van der Waals surface area contributed by atoms with Crippen LogP contribution >= 0.6 is 0 Å². The number of nitrogens with zero attached hydrogens (tertiary/aromatic N) is 1. The van der Waals surface area contributed by atoms with E-state index in [-0.39, 0.29) is 24.2 Å². The lowest BCUT2D eigenvalue weighted by atomic mass is 10.0. The van der Waals surface area contributed by atoms with E-state index in [1.165, 1.54) is 0 Å². The lowest BCUT2D eigenvalue weighted by Crippen LogP contribution is -2.28. The van der Waals surface area contributed by atoms with Gasteiger partial charge < -0.3 is 19.7 Å². The number of benzene rings is 2. The SMILES string of the molecule is CCc1cccc(C)c1NC(=O)[C@@H]1CC(=O)N(c2ccc3c(c2)OCCO3)C1. The Balaban J connectivity index is 1.50. The Kier molecular flexibility index (Phi) is 4.94. The summed E-state index contributed by atoms with van der Waals surface area (Å²) in [6.07, 6.45) is 1.04. The van der Waals surface area contributed by atoms with E-state index in [1.807, 2.05) is 43.3 Å². The Bertz CT molecular complexity index is 925. The second-order valence-corrected chi connectivity index (χ2v) is 7.19. The highest BCUT2D eigenvalue weighted by molar-refractivity contribution is 6.04. The third kappa shape index (κ3) is 3.42. The van der Waals surface area contributed by atoms with E-state index in [9.17, 15) is 9.59 Å². The molecule has 1 N–H and O–H groups in total. The smallest absolute Gasteiger partial charge is 0.229 e. The standard InChI is InChI=1S/C22H24N2O4/c1-3-15-6-4-5-14(2)21(15)23-22(26)16-11-20(25)24(13-16)17-7-8-18-19(12-17)28-10-9-27-18/h4-8,12,16H,3,9-11,13H2,1-2H3,(H,23,26)/t16-/m1/s1. The molecule has 0 bridgehead atoms. The van der Waals surface area contributed by atoms with Gasteiger partial charge in [0.2, 0.25) is 11.8 Å². The van der Waals surface area contributed by atoms with Crippen LogP contribution in [0.4, 0.5) is 11.4 Å². The van der Waals surface area contributed by atoms with Crippen molar-refractivity contribution >= 4 is 23.2 Å². The van der Waals surface area contributed by atoms with Gasteiger partial charge in [-0.15, -0.1) is 0 Å². The van der Waals surface area contributed by atoms with Crippen molar-refractivity contribution in [2.45, 2.75) is 26.7 Å². The largest absolute Gasteiger partial charge is 0.486 e. The number of hydrogen-bond acceptors (Lipinski definition) is 4. The molecule has 0 saturated carbocycles. The number of fused-ring (bicyclic) bond motifs is 1. The van der Waals surface area contributed by atoms with Crippen molar-refractivity contribution in [3.63, 3.8) is 0 Å². The summed E-state index contributed by atoms with van der Waals surface area (Å²) >= 11 is 0. The number of para-hydroxylation sites is 1. The van der Waals surface area contributed by atoms with E-state index >= 15 is 0 Å². The van der Waals surface area contributed by atoms with E-state index in [0.29, 0.717) is 31.3 Å². The zero-order chi connectivity index (χ0) is 19.7. The summed E-state index contributed by atoms with van der Waals surface area (Å²) in [6.45, 7) is 5.42. The van der Waals surface area contributed by atoms with Crippen LogP contribution in [0.3, 0.4) is 0 Å². The molecule has 2 heterocycles. The van der Waals surface area contributed by atoms with Gasteiger partial charge in [0.1, 0.15) is 13.2 Å². The topological polar surface area (TPSA) is 67.9 Å². The molecule has 1 atom stereocenters. The van der Waals surface area contributed by atoms with Crippen molar-refractivity contribution in [2.75, 3.05) is 30.0 Å². The van der Waals surface area contributed by atoms with Gasteiger partial charge in [0, 0.05) is 30.4 Å². The molecule has 1 fully saturated rings. The van der Waals surface area contributed by atoms with Gasteiger partial charge in [-0.2, -0.15) is 0 Å². The average Bonchev–Trinajstić information content (AvgIpc) is 3.11. The fourth-order valence-corrected chi connectivity index (χ4v) is 3.76. The molecule has 2 amide bonds. The van der Waals surface area contributed by atoms with Gasteiger partial charge in [-0.25, -0.2) is 0 Å². The summed E-state index contributed by atoms with van der Waals surface area (Å²) in [5.41, 5.74) is 3.72. The number of hydrogen-bond donors (Lipinski definition) is 1. The second kappa shape index (κ2) is 7.54. The first-order valence-corrected chi connectivity index (χ1v) is 9.66. The molecule has 6 nitrogen and oxygen atoms in total. The zero-order valence-corrected chi connectivity index (χ0v) is 16.2. The number of nitrogens with one attached hydrogen (secondary N) is 1. The summed E-state index contributed by atoms with van der Waals surface area (Å²) in [6, 6.07) is 11.4.